The Kier molecular flexibility index (Phi) is 7.13. The fourth-order valence-corrected chi connectivity index (χ4v) is 4.89. The van der Waals surface area contributed by atoms with Gasteiger partial charge in [0.15, 0.2) is 0 Å². The fourth-order valence-electron chi connectivity index (χ4n) is 4.89. The molecular formula is C23H34N4O. The molecule has 1 aromatic heterocycles. The molecule has 152 valence electrons. The Morgan fingerprint density at radius 1 is 1.36 bits per heavy atom. The molecule has 3 rings (SSSR count). The SMILES string of the molecule is C=N/C(=C\C=C/C)[C@]1(CCNCc2cnnc(C)c2)CCOC2(CCCC2)C1. The summed E-state index contributed by atoms with van der Waals surface area (Å²) in [7, 11) is 0. The zero-order valence-electron chi connectivity index (χ0n) is 17.4. The van der Waals surface area contributed by atoms with E-state index in [1.165, 1.54) is 31.2 Å². The van der Waals surface area contributed by atoms with Gasteiger partial charge in [0.1, 0.15) is 0 Å². The Hall–Kier alpha value is -1.85. The summed E-state index contributed by atoms with van der Waals surface area (Å²) in [6.45, 7) is 10.5. The fraction of sp³-hybridized carbons (Fsp3) is 0.609. The summed E-state index contributed by atoms with van der Waals surface area (Å²) in [6, 6.07) is 2.08. The van der Waals surface area contributed by atoms with Crippen LogP contribution < -0.4 is 5.32 Å². The average molecular weight is 383 g/mol. The summed E-state index contributed by atoms with van der Waals surface area (Å²) >= 11 is 0. The van der Waals surface area contributed by atoms with Crippen LogP contribution in [0, 0.1) is 12.3 Å². The van der Waals surface area contributed by atoms with Crippen molar-refractivity contribution in [3.05, 3.63) is 47.4 Å². The minimum Gasteiger partial charge on any atom is -0.375 e. The second-order valence-corrected chi connectivity index (χ2v) is 8.31. The first-order valence-electron chi connectivity index (χ1n) is 10.5. The van der Waals surface area contributed by atoms with Gasteiger partial charge in [0.05, 0.1) is 17.5 Å². The van der Waals surface area contributed by atoms with Crippen molar-refractivity contribution in [2.75, 3.05) is 13.2 Å². The molecule has 1 saturated heterocycles. The third-order valence-electron chi connectivity index (χ3n) is 6.27. The number of rotatable bonds is 8. The monoisotopic (exact) mass is 382 g/mol. The second kappa shape index (κ2) is 9.57. The van der Waals surface area contributed by atoms with Crippen molar-refractivity contribution in [2.24, 2.45) is 10.4 Å². The van der Waals surface area contributed by atoms with Crippen LogP contribution in [0.15, 0.2) is 41.2 Å². The predicted octanol–water partition coefficient (Wildman–Crippen LogP) is 4.53. The highest BCUT2D eigenvalue weighted by Gasteiger charge is 2.48. The van der Waals surface area contributed by atoms with Gasteiger partial charge in [-0.1, -0.05) is 25.0 Å². The number of ether oxygens (including phenoxy) is 1. The predicted molar refractivity (Wildman–Crippen MR) is 114 cm³/mol. The lowest BCUT2D eigenvalue weighted by molar-refractivity contribution is -0.115. The van der Waals surface area contributed by atoms with Crippen LogP contribution in [0.3, 0.4) is 0 Å². The molecule has 2 fully saturated rings. The lowest BCUT2D eigenvalue weighted by Gasteiger charge is -2.47. The van der Waals surface area contributed by atoms with Crippen molar-refractivity contribution < 1.29 is 4.74 Å². The molecule has 0 radical (unpaired) electrons. The summed E-state index contributed by atoms with van der Waals surface area (Å²) in [4.78, 5) is 4.48. The van der Waals surface area contributed by atoms with Gasteiger partial charge in [0.25, 0.3) is 0 Å². The number of aryl methyl sites for hydroxylation is 1. The molecule has 1 spiro atoms. The Morgan fingerprint density at radius 3 is 2.89 bits per heavy atom. The highest BCUT2D eigenvalue weighted by atomic mass is 16.5. The molecule has 1 saturated carbocycles. The molecule has 2 aliphatic rings. The van der Waals surface area contributed by atoms with Gasteiger partial charge < -0.3 is 10.1 Å². The number of aliphatic imine (C=N–C) groups is 1. The van der Waals surface area contributed by atoms with E-state index in [2.05, 4.69) is 51.5 Å². The number of allylic oxidation sites excluding steroid dienone is 4. The zero-order chi connectivity index (χ0) is 19.9. The molecule has 1 aromatic rings. The lowest BCUT2D eigenvalue weighted by atomic mass is 9.68. The van der Waals surface area contributed by atoms with Crippen LogP contribution in [0.5, 0.6) is 0 Å². The van der Waals surface area contributed by atoms with Crippen molar-refractivity contribution in [3.63, 3.8) is 0 Å². The normalized spacial score (nSPS) is 24.9. The van der Waals surface area contributed by atoms with Gasteiger partial charge in [-0.3, -0.25) is 4.99 Å². The molecule has 0 bridgehead atoms. The third kappa shape index (κ3) is 4.95. The van der Waals surface area contributed by atoms with Crippen LogP contribution in [0.1, 0.15) is 63.1 Å². The van der Waals surface area contributed by atoms with E-state index in [1.807, 2.05) is 20.0 Å². The van der Waals surface area contributed by atoms with Crippen LogP contribution in [0.4, 0.5) is 0 Å². The maximum atomic E-state index is 6.33. The average Bonchev–Trinajstić information content (AvgIpc) is 3.13. The highest BCUT2D eigenvalue weighted by molar-refractivity contribution is 5.34. The van der Waals surface area contributed by atoms with E-state index in [0.717, 1.165) is 50.3 Å². The van der Waals surface area contributed by atoms with Crippen LogP contribution in [0.25, 0.3) is 0 Å². The smallest absolute Gasteiger partial charge is 0.0691 e. The van der Waals surface area contributed by atoms with Crippen molar-refractivity contribution in [2.45, 2.75) is 70.9 Å². The van der Waals surface area contributed by atoms with Crippen molar-refractivity contribution in [1.82, 2.24) is 15.5 Å². The van der Waals surface area contributed by atoms with Gasteiger partial charge in [0.2, 0.25) is 0 Å². The van der Waals surface area contributed by atoms with Gasteiger partial charge in [-0.05, 0) is 76.9 Å². The number of hydrogen-bond acceptors (Lipinski definition) is 5. The van der Waals surface area contributed by atoms with E-state index in [9.17, 15) is 0 Å². The van der Waals surface area contributed by atoms with E-state index in [4.69, 9.17) is 4.74 Å². The summed E-state index contributed by atoms with van der Waals surface area (Å²) in [5.41, 5.74) is 3.32. The third-order valence-corrected chi connectivity index (χ3v) is 6.27. The molecule has 5 nitrogen and oxygen atoms in total. The molecule has 1 N–H and O–H groups in total. The topological polar surface area (TPSA) is 59.4 Å². The summed E-state index contributed by atoms with van der Waals surface area (Å²) in [5.74, 6) is 0. The molecule has 28 heavy (non-hydrogen) atoms. The first kappa shape index (κ1) is 20.9. The van der Waals surface area contributed by atoms with Gasteiger partial charge in [0, 0.05) is 24.3 Å². The standard InChI is InChI=1S/C23H34N4O/c1-4-5-8-21(24-3)22(12-14-28-23(18-22)9-6-7-10-23)11-13-25-16-20-15-19(2)27-26-17-20/h4-5,8,15,17,25H,3,6-7,9-14,16,18H2,1-2H3/b5-4-,21-8-/t22-/m1/s1. The van der Waals surface area contributed by atoms with E-state index < -0.39 is 0 Å². The molecule has 1 aliphatic carbocycles. The number of hydrogen-bond donors (Lipinski definition) is 1. The van der Waals surface area contributed by atoms with Crippen molar-refractivity contribution in [3.8, 4) is 0 Å². The van der Waals surface area contributed by atoms with Gasteiger partial charge in [-0.25, -0.2) is 0 Å². The van der Waals surface area contributed by atoms with Gasteiger partial charge in [-0.2, -0.15) is 10.2 Å². The molecule has 2 heterocycles. The Balaban J connectivity index is 1.71. The number of nitrogens with zero attached hydrogens (tertiary/aromatic N) is 3. The van der Waals surface area contributed by atoms with E-state index >= 15 is 0 Å². The van der Waals surface area contributed by atoms with Gasteiger partial charge >= 0.3 is 0 Å². The number of nitrogens with one attached hydrogen (secondary N) is 1. The Labute approximate surface area is 169 Å². The first-order chi connectivity index (χ1) is 13.6. The van der Waals surface area contributed by atoms with Crippen molar-refractivity contribution in [1.29, 1.82) is 0 Å². The minimum absolute atomic E-state index is 0.0310. The Bertz CT molecular complexity index is 721. The largest absolute Gasteiger partial charge is 0.375 e. The van der Waals surface area contributed by atoms with E-state index in [1.54, 1.807) is 0 Å². The van der Waals surface area contributed by atoms with Crippen LogP contribution in [-0.2, 0) is 11.3 Å². The molecular weight excluding hydrogens is 348 g/mol. The van der Waals surface area contributed by atoms with Crippen LogP contribution in [0.2, 0.25) is 0 Å². The minimum atomic E-state index is 0.0310. The molecule has 0 aromatic carbocycles. The molecule has 0 amide bonds. The molecule has 0 unspecified atom stereocenters. The van der Waals surface area contributed by atoms with E-state index in [0.29, 0.717) is 0 Å². The second-order valence-electron chi connectivity index (χ2n) is 8.31. The highest BCUT2D eigenvalue weighted by Crippen LogP contribution is 2.52. The van der Waals surface area contributed by atoms with Crippen LogP contribution >= 0.6 is 0 Å². The quantitative estimate of drug-likeness (QED) is 0.407. The van der Waals surface area contributed by atoms with Crippen LogP contribution in [-0.4, -0.2) is 35.7 Å². The molecule has 1 aliphatic heterocycles. The van der Waals surface area contributed by atoms with Gasteiger partial charge in [-0.15, -0.1) is 0 Å². The first-order valence-corrected chi connectivity index (χ1v) is 10.5. The lowest BCUT2D eigenvalue weighted by Crippen LogP contribution is -2.45. The maximum absolute atomic E-state index is 6.33. The summed E-state index contributed by atoms with van der Waals surface area (Å²) in [5, 5.41) is 11.7. The zero-order valence-corrected chi connectivity index (χ0v) is 17.4. The van der Waals surface area contributed by atoms with Crippen molar-refractivity contribution >= 4 is 6.72 Å². The molecule has 5 heteroatoms. The molecule has 1 atom stereocenters. The Morgan fingerprint density at radius 2 is 2.18 bits per heavy atom. The number of aromatic nitrogens is 2. The summed E-state index contributed by atoms with van der Waals surface area (Å²) in [6.07, 6.45) is 16.1. The van der Waals surface area contributed by atoms with E-state index in [-0.39, 0.29) is 11.0 Å². The summed E-state index contributed by atoms with van der Waals surface area (Å²) < 4.78 is 6.33. The maximum Gasteiger partial charge on any atom is 0.0691 e.